The number of carbonyl (C=O) groups is 1. The highest BCUT2D eigenvalue weighted by Gasteiger charge is 2.21. The minimum atomic E-state index is -3.92. The predicted octanol–water partition coefficient (Wildman–Crippen LogP) is 2.64. The molecule has 0 unspecified atom stereocenters. The van der Waals surface area contributed by atoms with Crippen molar-refractivity contribution in [3.8, 4) is 0 Å². The van der Waals surface area contributed by atoms with E-state index in [1.165, 1.54) is 25.3 Å². The summed E-state index contributed by atoms with van der Waals surface area (Å²) in [5.41, 5.74) is 1.97. The average Bonchev–Trinajstić information content (AvgIpc) is 2.63. The molecule has 0 aromatic heterocycles. The molecule has 0 bridgehead atoms. The average molecular weight is 378 g/mol. The van der Waals surface area contributed by atoms with Crippen molar-refractivity contribution in [1.29, 1.82) is 0 Å². The second-order valence-corrected chi connectivity index (χ2v) is 7.24. The molecule has 2 rings (SSSR count). The Hall–Kier alpha value is -2.58. The van der Waals surface area contributed by atoms with Crippen molar-refractivity contribution in [3.63, 3.8) is 0 Å². The SMILES string of the molecule is COCCNc1ccc(C(=O)OC)cc1S(=O)(=O)Nc1ccc(C)cc1. The first-order chi connectivity index (χ1) is 12.4. The number of nitrogens with one attached hydrogen (secondary N) is 2. The molecule has 0 saturated carbocycles. The van der Waals surface area contributed by atoms with Gasteiger partial charge < -0.3 is 14.8 Å². The number of sulfonamides is 1. The predicted molar refractivity (Wildman–Crippen MR) is 100 cm³/mol. The number of benzene rings is 2. The summed E-state index contributed by atoms with van der Waals surface area (Å²) < 4.78 is 37.9. The van der Waals surface area contributed by atoms with E-state index in [9.17, 15) is 13.2 Å². The van der Waals surface area contributed by atoms with E-state index in [2.05, 4.69) is 14.8 Å². The maximum absolute atomic E-state index is 12.9. The summed E-state index contributed by atoms with van der Waals surface area (Å²) in [5, 5.41) is 3.00. The molecule has 0 aliphatic heterocycles. The van der Waals surface area contributed by atoms with Gasteiger partial charge in [-0.05, 0) is 37.3 Å². The van der Waals surface area contributed by atoms with Gasteiger partial charge in [0.25, 0.3) is 10.0 Å². The third-order valence-corrected chi connectivity index (χ3v) is 5.04. The van der Waals surface area contributed by atoms with Crippen LogP contribution in [0.3, 0.4) is 0 Å². The first-order valence-corrected chi connectivity index (χ1v) is 9.40. The van der Waals surface area contributed by atoms with Crippen molar-refractivity contribution < 1.29 is 22.7 Å². The van der Waals surface area contributed by atoms with E-state index >= 15 is 0 Å². The van der Waals surface area contributed by atoms with Crippen LogP contribution in [0.15, 0.2) is 47.4 Å². The van der Waals surface area contributed by atoms with Gasteiger partial charge in [-0.3, -0.25) is 4.72 Å². The molecule has 2 aromatic carbocycles. The van der Waals surface area contributed by atoms with Gasteiger partial charge in [0.15, 0.2) is 0 Å². The molecule has 8 heteroatoms. The molecule has 0 fully saturated rings. The highest BCUT2D eigenvalue weighted by Crippen LogP contribution is 2.26. The Balaban J connectivity index is 2.40. The molecule has 0 aliphatic carbocycles. The van der Waals surface area contributed by atoms with Crippen LogP contribution in [-0.4, -0.2) is 41.8 Å². The molecule has 0 amide bonds. The van der Waals surface area contributed by atoms with Crippen LogP contribution >= 0.6 is 0 Å². The van der Waals surface area contributed by atoms with Crippen molar-refractivity contribution in [3.05, 3.63) is 53.6 Å². The maximum Gasteiger partial charge on any atom is 0.337 e. The van der Waals surface area contributed by atoms with Crippen molar-refractivity contribution in [2.75, 3.05) is 37.4 Å². The number of carbonyl (C=O) groups excluding carboxylic acids is 1. The van der Waals surface area contributed by atoms with Crippen LogP contribution in [0, 0.1) is 6.92 Å². The minimum Gasteiger partial charge on any atom is -0.465 e. The Kier molecular flexibility index (Phi) is 6.59. The van der Waals surface area contributed by atoms with Crippen LogP contribution < -0.4 is 10.0 Å². The standard InChI is InChI=1S/C18H22N2O5S/c1-13-4-7-15(8-5-13)20-26(22,23)17-12-14(18(21)25-3)6-9-16(17)19-10-11-24-2/h4-9,12,19-20H,10-11H2,1-3H3. The summed E-state index contributed by atoms with van der Waals surface area (Å²) in [6.07, 6.45) is 0. The molecule has 26 heavy (non-hydrogen) atoms. The van der Waals surface area contributed by atoms with E-state index in [0.717, 1.165) is 5.56 Å². The highest BCUT2D eigenvalue weighted by molar-refractivity contribution is 7.92. The zero-order chi connectivity index (χ0) is 19.2. The molecular formula is C18H22N2O5S. The summed E-state index contributed by atoms with van der Waals surface area (Å²) in [7, 11) is -1.12. The number of hydrogen-bond acceptors (Lipinski definition) is 6. The lowest BCUT2D eigenvalue weighted by atomic mass is 10.2. The number of ether oxygens (including phenoxy) is 2. The third kappa shape index (κ3) is 4.96. The van der Waals surface area contributed by atoms with Gasteiger partial charge in [-0.25, -0.2) is 13.2 Å². The monoisotopic (exact) mass is 378 g/mol. The normalized spacial score (nSPS) is 11.0. The van der Waals surface area contributed by atoms with Crippen molar-refractivity contribution in [2.24, 2.45) is 0 Å². The Morgan fingerprint density at radius 1 is 1.08 bits per heavy atom. The molecular weight excluding hydrogens is 356 g/mol. The van der Waals surface area contributed by atoms with E-state index in [0.29, 0.717) is 24.5 Å². The molecule has 0 heterocycles. The van der Waals surface area contributed by atoms with Gasteiger partial charge in [0.2, 0.25) is 0 Å². The van der Waals surface area contributed by atoms with E-state index < -0.39 is 16.0 Å². The summed E-state index contributed by atoms with van der Waals surface area (Å²) in [6, 6.07) is 11.3. The second-order valence-electron chi connectivity index (χ2n) is 5.59. The molecule has 2 N–H and O–H groups in total. The fraction of sp³-hybridized carbons (Fsp3) is 0.278. The molecule has 0 spiro atoms. The Labute approximate surface area is 153 Å². The van der Waals surface area contributed by atoms with Crippen LogP contribution in [0.2, 0.25) is 0 Å². The highest BCUT2D eigenvalue weighted by atomic mass is 32.2. The van der Waals surface area contributed by atoms with E-state index in [1.54, 1.807) is 31.4 Å². The van der Waals surface area contributed by atoms with Gasteiger partial charge in [0, 0.05) is 19.3 Å². The Bertz CT molecular complexity index is 864. The van der Waals surface area contributed by atoms with Gasteiger partial charge in [-0.1, -0.05) is 17.7 Å². The lowest BCUT2D eigenvalue weighted by Crippen LogP contribution is -2.18. The number of aryl methyl sites for hydroxylation is 1. The smallest absolute Gasteiger partial charge is 0.337 e. The molecule has 7 nitrogen and oxygen atoms in total. The van der Waals surface area contributed by atoms with Crippen LogP contribution in [0.1, 0.15) is 15.9 Å². The summed E-state index contributed by atoms with van der Waals surface area (Å²) in [5.74, 6) is -0.611. The number of methoxy groups -OCH3 is 2. The number of esters is 1. The fourth-order valence-electron chi connectivity index (χ4n) is 2.26. The molecule has 2 aromatic rings. The van der Waals surface area contributed by atoms with Crippen molar-refractivity contribution in [1.82, 2.24) is 0 Å². The topological polar surface area (TPSA) is 93.7 Å². The van der Waals surface area contributed by atoms with E-state index in [1.807, 2.05) is 6.92 Å². The lowest BCUT2D eigenvalue weighted by molar-refractivity contribution is 0.0600. The zero-order valence-electron chi connectivity index (χ0n) is 14.9. The van der Waals surface area contributed by atoms with E-state index in [-0.39, 0.29) is 10.5 Å². The minimum absolute atomic E-state index is 0.0444. The molecule has 0 saturated heterocycles. The van der Waals surface area contributed by atoms with Gasteiger partial charge in [-0.15, -0.1) is 0 Å². The summed E-state index contributed by atoms with van der Waals surface area (Å²) in [6.45, 7) is 2.74. The van der Waals surface area contributed by atoms with Crippen molar-refractivity contribution >= 4 is 27.4 Å². The zero-order valence-corrected chi connectivity index (χ0v) is 15.7. The third-order valence-electron chi connectivity index (χ3n) is 3.62. The van der Waals surface area contributed by atoms with Crippen LogP contribution in [-0.2, 0) is 19.5 Å². The first kappa shape index (κ1) is 19.7. The number of hydrogen-bond donors (Lipinski definition) is 2. The summed E-state index contributed by atoms with van der Waals surface area (Å²) in [4.78, 5) is 11.7. The van der Waals surface area contributed by atoms with Crippen LogP contribution in [0.4, 0.5) is 11.4 Å². The quantitative estimate of drug-likeness (QED) is 0.542. The molecule has 140 valence electrons. The first-order valence-electron chi connectivity index (χ1n) is 7.92. The summed E-state index contributed by atoms with van der Waals surface area (Å²) >= 11 is 0. The number of rotatable bonds is 8. The van der Waals surface area contributed by atoms with Crippen LogP contribution in [0.25, 0.3) is 0 Å². The maximum atomic E-state index is 12.9. The van der Waals surface area contributed by atoms with Gasteiger partial charge in [0.1, 0.15) is 4.90 Å². The molecule has 0 atom stereocenters. The van der Waals surface area contributed by atoms with Gasteiger partial charge in [-0.2, -0.15) is 0 Å². The van der Waals surface area contributed by atoms with E-state index in [4.69, 9.17) is 4.74 Å². The Morgan fingerprint density at radius 2 is 1.77 bits per heavy atom. The van der Waals surface area contributed by atoms with Gasteiger partial charge in [0.05, 0.1) is 25.0 Å². The Morgan fingerprint density at radius 3 is 2.38 bits per heavy atom. The largest absolute Gasteiger partial charge is 0.465 e. The number of anilines is 2. The van der Waals surface area contributed by atoms with Crippen LogP contribution in [0.5, 0.6) is 0 Å². The lowest BCUT2D eigenvalue weighted by Gasteiger charge is -2.15. The molecule has 0 aliphatic rings. The fourth-order valence-corrected chi connectivity index (χ4v) is 3.52. The van der Waals surface area contributed by atoms with Gasteiger partial charge >= 0.3 is 5.97 Å². The van der Waals surface area contributed by atoms with Crippen molar-refractivity contribution in [2.45, 2.75) is 11.8 Å². The second kappa shape index (κ2) is 8.68. The molecule has 0 radical (unpaired) electrons.